The number of benzene rings is 1. The Morgan fingerprint density at radius 3 is 2.48 bits per heavy atom. The second-order valence-electron chi connectivity index (χ2n) is 4.55. The van der Waals surface area contributed by atoms with Crippen molar-refractivity contribution in [3.05, 3.63) is 29.7 Å². The van der Waals surface area contributed by atoms with Crippen LogP contribution in [0.4, 0.5) is 11.4 Å². The van der Waals surface area contributed by atoms with Gasteiger partial charge in [-0.25, -0.2) is 8.42 Å². The Bertz CT molecular complexity index is 748. The first kappa shape index (κ1) is 15.2. The quantitative estimate of drug-likeness (QED) is 0.863. The topological polar surface area (TPSA) is 98.7 Å². The number of aromatic nitrogens is 1. The molecule has 0 spiro atoms. The Morgan fingerprint density at radius 1 is 1.33 bits per heavy atom. The molecule has 0 radical (unpaired) electrons. The van der Waals surface area contributed by atoms with Crippen LogP contribution in [-0.2, 0) is 10.0 Å². The molecule has 0 saturated carbocycles. The maximum Gasteiger partial charge on any atom is 0.269 e. The third-order valence-corrected chi connectivity index (χ3v) is 5.19. The highest BCUT2D eigenvalue weighted by Crippen LogP contribution is 2.31. The van der Waals surface area contributed by atoms with E-state index >= 15 is 0 Å². The molecule has 114 valence electrons. The molecule has 0 unspecified atom stereocenters. The van der Waals surface area contributed by atoms with Crippen molar-refractivity contribution in [3.63, 3.8) is 0 Å². The smallest absolute Gasteiger partial charge is 0.269 e. The SMILES string of the molecule is COc1ccc(N(C)S(=O)(=O)c2c(C)noc2C)cc1N. The van der Waals surface area contributed by atoms with Crippen molar-refractivity contribution < 1.29 is 17.7 Å². The Balaban J connectivity index is 2.48. The number of aryl methyl sites for hydroxylation is 2. The summed E-state index contributed by atoms with van der Waals surface area (Å²) in [5.41, 5.74) is 6.92. The lowest BCUT2D eigenvalue weighted by molar-refractivity contribution is 0.390. The van der Waals surface area contributed by atoms with Crippen molar-refractivity contribution >= 4 is 21.4 Å². The van der Waals surface area contributed by atoms with Crippen LogP contribution < -0.4 is 14.8 Å². The van der Waals surface area contributed by atoms with Gasteiger partial charge in [0.05, 0.1) is 18.5 Å². The molecule has 2 aromatic rings. The fraction of sp³-hybridized carbons (Fsp3) is 0.308. The lowest BCUT2D eigenvalue weighted by Crippen LogP contribution is -2.27. The molecular formula is C13H17N3O4S. The molecule has 0 saturated heterocycles. The van der Waals surface area contributed by atoms with Gasteiger partial charge in [0.25, 0.3) is 10.0 Å². The Kier molecular flexibility index (Phi) is 3.82. The van der Waals surface area contributed by atoms with Gasteiger partial charge >= 0.3 is 0 Å². The number of nitrogen functional groups attached to an aromatic ring is 1. The van der Waals surface area contributed by atoms with Crippen LogP contribution in [0.25, 0.3) is 0 Å². The molecule has 8 heteroatoms. The summed E-state index contributed by atoms with van der Waals surface area (Å²) >= 11 is 0. The zero-order chi connectivity index (χ0) is 15.8. The molecule has 0 fully saturated rings. The van der Waals surface area contributed by atoms with Crippen LogP contribution in [0.15, 0.2) is 27.6 Å². The van der Waals surface area contributed by atoms with Crippen LogP contribution in [0.3, 0.4) is 0 Å². The largest absolute Gasteiger partial charge is 0.495 e. The van der Waals surface area contributed by atoms with Crippen molar-refractivity contribution in [2.24, 2.45) is 0 Å². The van der Waals surface area contributed by atoms with E-state index in [2.05, 4.69) is 5.16 Å². The van der Waals surface area contributed by atoms with Gasteiger partial charge in [-0.3, -0.25) is 4.31 Å². The summed E-state index contributed by atoms with van der Waals surface area (Å²) in [6, 6.07) is 4.77. The lowest BCUT2D eigenvalue weighted by atomic mass is 10.2. The second kappa shape index (κ2) is 5.28. The van der Waals surface area contributed by atoms with E-state index in [4.69, 9.17) is 15.0 Å². The molecule has 1 aromatic heterocycles. The zero-order valence-corrected chi connectivity index (χ0v) is 13.1. The second-order valence-corrected chi connectivity index (χ2v) is 6.46. The summed E-state index contributed by atoms with van der Waals surface area (Å²) in [4.78, 5) is 0.0689. The Hall–Kier alpha value is -2.22. The van der Waals surface area contributed by atoms with Crippen LogP contribution in [-0.4, -0.2) is 27.7 Å². The van der Waals surface area contributed by atoms with E-state index in [1.807, 2.05) is 0 Å². The maximum absolute atomic E-state index is 12.7. The summed E-state index contributed by atoms with van der Waals surface area (Å²) in [6.07, 6.45) is 0. The van der Waals surface area contributed by atoms with Crippen molar-refractivity contribution in [2.75, 3.05) is 24.2 Å². The maximum atomic E-state index is 12.7. The van der Waals surface area contributed by atoms with Crippen molar-refractivity contribution in [3.8, 4) is 5.75 Å². The molecule has 7 nitrogen and oxygen atoms in total. The molecule has 2 N–H and O–H groups in total. The van der Waals surface area contributed by atoms with Gasteiger partial charge in [-0.2, -0.15) is 0 Å². The fourth-order valence-corrected chi connectivity index (χ4v) is 3.51. The van der Waals surface area contributed by atoms with E-state index < -0.39 is 10.0 Å². The van der Waals surface area contributed by atoms with E-state index in [1.165, 1.54) is 20.2 Å². The van der Waals surface area contributed by atoms with Gasteiger partial charge in [-0.15, -0.1) is 0 Å². The first-order valence-electron chi connectivity index (χ1n) is 6.14. The van der Waals surface area contributed by atoms with Gasteiger partial charge < -0.3 is 15.0 Å². The highest BCUT2D eigenvalue weighted by atomic mass is 32.2. The van der Waals surface area contributed by atoms with Crippen LogP contribution in [0.1, 0.15) is 11.5 Å². The van der Waals surface area contributed by atoms with E-state index in [1.54, 1.807) is 26.0 Å². The number of hydrogen-bond donors (Lipinski definition) is 1. The number of nitrogens with two attached hydrogens (primary N) is 1. The first-order chi connectivity index (χ1) is 9.78. The molecular weight excluding hydrogens is 294 g/mol. The monoisotopic (exact) mass is 311 g/mol. The standard InChI is InChI=1S/C13H17N3O4S/c1-8-13(9(2)20-15-8)21(17,18)16(3)10-5-6-12(19-4)11(14)7-10/h5-7H,14H2,1-4H3. The first-order valence-corrected chi connectivity index (χ1v) is 7.58. The number of nitrogens with zero attached hydrogens (tertiary/aromatic N) is 2. The molecule has 1 heterocycles. The number of rotatable bonds is 4. The minimum Gasteiger partial charge on any atom is -0.495 e. The third-order valence-electron chi connectivity index (χ3n) is 3.16. The summed E-state index contributed by atoms with van der Waals surface area (Å²) in [5, 5.41) is 3.68. The number of anilines is 2. The van der Waals surface area contributed by atoms with Crippen molar-refractivity contribution in [1.82, 2.24) is 5.16 Å². The number of ether oxygens (including phenoxy) is 1. The Morgan fingerprint density at radius 2 is 2.00 bits per heavy atom. The van der Waals surface area contributed by atoms with Crippen LogP contribution in [0.2, 0.25) is 0 Å². The molecule has 0 aliphatic rings. The molecule has 21 heavy (non-hydrogen) atoms. The van der Waals surface area contributed by atoms with Crippen molar-refractivity contribution in [1.29, 1.82) is 0 Å². The Labute approximate surface area is 123 Å². The summed E-state index contributed by atoms with van der Waals surface area (Å²) < 4.78 is 36.4. The highest BCUT2D eigenvalue weighted by Gasteiger charge is 2.29. The molecule has 0 aliphatic carbocycles. The van der Waals surface area contributed by atoms with Gasteiger partial charge in [-0.1, -0.05) is 5.16 Å². The lowest BCUT2D eigenvalue weighted by Gasteiger charge is -2.20. The molecule has 0 aliphatic heterocycles. The normalized spacial score (nSPS) is 11.4. The van der Waals surface area contributed by atoms with Gasteiger partial charge in [0.2, 0.25) is 0 Å². The zero-order valence-electron chi connectivity index (χ0n) is 12.2. The predicted molar refractivity (Wildman–Crippen MR) is 79.0 cm³/mol. The van der Waals surface area contributed by atoms with Gasteiger partial charge in [0.1, 0.15) is 11.4 Å². The molecule has 0 bridgehead atoms. The minimum atomic E-state index is -3.77. The van der Waals surface area contributed by atoms with Gasteiger partial charge in [0.15, 0.2) is 10.7 Å². The highest BCUT2D eigenvalue weighted by molar-refractivity contribution is 7.92. The molecule has 2 rings (SSSR count). The summed E-state index contributed by atoms with van der Waals surface area (Å²) in [6.45, 7) is 3.14. The van der Waals surface area contributed by atoms with Gasteiger partial charge in [0, 0.05) is 7.05 Å². The van der Waals surface area contributed by atoms with E-state index in [9.17, 15) is 8.42 Å². The third kappa shape index (κ3) is 2.54. The minimum absolute atomic E-state index is 0.0689. The summed E-state index contributed by atoms with van der Waals surface area (Å²) in [5.74, 6) is 0.739. The fourth-order valence-electron chi connectivity index (χ4n) is 2.04. The average molecular weight is 311 g/mol. The van der Waals surface area contributed by atoms with Crippen molar-refractivity contribution in [2.45, 2.75) is 18.7 Å². The molecule has 0 atom stereocenters. The van der Waals surface area contributed by atoms with Gasteiger partial charge in [-0.05, 0) is 32.0 Å². The summed E-state index contributed by atoms with van der Waals surface area (Å²) in [7, 11) is -0.823. The molecule has 0 amide bonds. The average Bonchev–Trinajstić information content (AvgIpc) is 2.77. The van der Waals surface area contributed by atoms with E-state index in [0.29, 0.717) is 22.8 Å². The van der Waals surface area contributed by atoms with Crippen LogP contribution >= 0.6 is 0 Å². The number of hydrogen-bond acceptors (Lipinski definition) is 6. The predicted octanol–water partition coefficient (Wildman–Crippen LogP) is 1.71. The van der Waals surface area contributed by atoms with Crippen LogP contribution in [0, 0.1) is 13.8 Å². The van der Waals surface area contributed by atoms with E-state index in [-0.39, 0.29) is 10.7 Å². The number of methoxy groups -OCH3 is 1. The van der Waals surface area contributed by atoms with Crippen LogP contribution in [0.5, 0.6) is 5.75 Å². The van der Waals surface area contributed by atoms with E-state index in [0.717, 1.165) is 4.31 Å². The number of sulfonamides is 1. The molecule has 1 aromatic carbocycles.